The number of nitrogens with zero attached hydrogens (tertiary/aromatic N) is 2. The summed E-state index contributed by atoms with van der Waals surface area (Å²) in [6, 6.07) is 6.19. The van der Waals surface area contributed by atoms with E-state index >= 15 is 0 Å². The molecule has 2 aliphatic rings. The van der Waals surface area contributed by atoms with Crippen LogP contribution in [-0.4, -0.2) is 47.5 Å². The number of anilines is 1. The van der Waals surface area contributed by atoms with Gasteiger partial charge in [0.25, 0.3) is 0 Å². The molecule has 146 valence electrons. The number of nitrogens with one attached hydrogen (secondary N) is 1. The van der Waals surface area contributed by atoms with Gasteiger partial charge in [0, 0.05) is 43.3 Å². The van der Waals surface area contributed by atoms with Crippen molar-refractivity contribution in [3.8, 4) is 0 Å². The van der Waals surface area contributed by atoms with E-state index in [1.165, 1.54) is 4.88 Å². The average molecular weight is 398 g/mol. The molecule has 0 bridgehead atoms. The van der Waals surface area contributed by atoms with Gasteiger partial charge in [-0.3, -0.25) is 9.59 Å². The van der Waals surface area contributed by atoms with Crippen LogP contribution in [0.3, 0.4) is 0 Å². The molecular formula is C21H23N3O3S. The van der Waals surface area contributed by atoms with Gasteiger partial charge in [-0.05, 0) is 54.0 Å². The van der Waals surface area contributed by atoms with Crippen molar-refractivity contribution in [2.75, 3.05) is 25.0 Å². The third-order valence-corrected chi connectivity index (χ3v) is 5.88. The van der Waals surface area contributed by atoms with Crippen molar-refractivity contribution >= 4 is 35.0 Å². The van der Waals surface area contributed by atoms with Gasteiger partial charge in [0.05, 0.1) is 6.10 Å². The van der Waals surface area contributed by atoms with Crippen LogP contribution in [0.1, 0.15) is 28.8 Å². The molecule has 2 aromatic rings. The van der Waals surface area contributed by atoms with Crippen LogP contribution >= 0.6 is 11.3 Å². The summed E-state index contributed by atoms with van der Waals surface area (Å²) in [6.45, 7) is 2.03. The number of carbonyl (C=O) groups is 2. The lowest BCUT2D eigenvalue weighted by atomic mass is 10.0. The lowest BCUT2D eigenvalue weighted by Gasteiger charge is -2.38. The van der Waals surface area contributed by atoms with Crippen LogP contribution in [0.4, 0.5) is 5.82 Å². The van der Waals surface area contributed by atoms with E-state index in [4.69, 9.17) is 4.74 Å². The molecule has 0 aliphatic carbocycles. The maximum absolute atomic E-state index is 12.3. The van der Waals surface area contributed by atoms with Crippen molar-refractivity contribution in [2.45, 2.75) is 31.8 Å². The first-order chi connectivity index (χ1) is 13.7. The second-order valence-electron chi connectivity index (χ2n) is 7.08. The smallest absolute Gasteiger partial charge is 0.246 e. The molecule has 0 radical (unpaired) electrons. The third-order valence-electron chi connectivity index (χ3n) is 4.95. The Morgan fingerprint density at radius 2 is 2.29 bits per heavy atom. The molecule has 4 heterocycles. The lowest BCUT2D eigenvalue weighted by molar-refractivity contribution is -0.139. The van der Waals surface area contributed by atoms with Crippen LogP contribution in [0, 0.1) is 0 Å². The Kier molecular flexibility index (Phi) is 5.83. The first-order valence-corrected chi connectivity index (χ1v) is 10.4. The van der Waals surface area contributed by atoms with Crippen LogP contribution in [0.15, 0.2) is 35.9 Å². The SMILES string of the molecule is O=C1CCc2cc(/C=C/C(=O)N3CC(OCCCc4cccs4)C3)cnc2N1. The van der Waals surface area contributed by atoms with Gasteiger partial charge < -0.3 is 15.0 Å². The third kappa shape index (κ3) is 4.66. The van der Waals surface area contributed by atoms with Crippen molar-refractivity contribution in [3.05, 3.63) is 51.9 Å². The first kappa shape index (κ1) is 18.8. The second kappa shape index (κ2) is 8.67. The van der Waals surface area contributed by atoms with Gasteiger partial charge in [0.15, 0.2) is 0 Å². The Morgan fingerprint density at radius 1 is 1.39 bits per heavy atom. The zero-order chi connectivity index (χ0) is 19.3. The standard InChI is InChI=1S/C21H23N3O3S/c25-19-7-6-16-11-15(12-22-21(16)23-19)5-8-20(26)24-13-17(14-24)27-9-1-3-18-4-2-10-28-18/h2,4-5,8,10-12,17H,1,3,6-7,9,13-14H2,(H,22,23,25)/b8-5+. The van der Waals surface area contributed by atoms with Crippen LogP contribution < -0.4 is 5.32 Å². The number of thiophene rings is 1. The van der Waals surface area contributed by atoms with Crippen LogP contribution in [0.2, 0.25) is 0 Å². The summed E-state index contributed by atoms with van der Waals surface area (Å²) in [5, 5.41) is 4.85. The minimum absolute atomic E-state index is 0.000419. The highest BCUT2D eigenvalue weighted by Crippen LogP contribution is 2.21. The molecule has 2 amide bonds. The van der Waals surface area contributed by atoms with E-state index in [-0.39, 0.29) is 17.9 Å². The number of likely N-dealkylation sites (tertiary alicyclic amines) is 1. The summed E-state index contributed by atoms with van der Waals surface area (Å²) < 4.78 is 5.83. The molecule has 4 rings (SSSR count). The first-order valence-electron chi connectivity index (χ1n) is 9.57. The number of hydrogen-bond donors (Lipinski definition) is 1. The predicted octanol–water partition coefficient (Wildman–Crippen LogP) is 2.90. The Labute approximate surface area is 168 Å². The largest absolute Gasteiger partial charge is 0.375 e. The molecule has 2 aliphatic heterocycles. The molecule has 7 heteroatoms. The van der Waals surface area contributed by atoms with Crippen molar-refractivity contribution in [2.24, 2.45) is 0 Å². The van der Waals surface area contributed by atoms with Crippen LogP contribution in [-0.2, 0) is 27.2 Å². The monoisotopic (exact) mass is 397 g/mol. The van der Waals surface area contributed by atoms with Crippen molar-refractivity contribution in [1.82, 2.24) is 9.88 Å². The number of rotatable bonds is 7. The number of ether oxygens (including phenoxy) is 1. The molecule has 0 atom stereocenters. The van der Waals surface area contributed by atoms with E-state index in [1.807, 2.05) is 6.07 Å². The van der Waals surface area contributed by atoms with E-state index in [1.54, 1.807) is 34.6 Å². The van der Waals surface area contributed by atoms with Gasteiger partial charge in [-0.15, -0.1) is 11.3 Å². The number of aromatic nitrogens is 1. The number of pyridine rings is 1. The molecule has 6 nitrogen and oxygen atoms in total. The van der Waals surface area contributed by atoms with E-state index in [0.29, 0.717) is 31.7 Å². The minimum Gasteiger partial charge on any atom is -0.375 e. The topological polar surface area (TPSA) is 71.5 Å². The fraction of sp³-hybridized carbons (Fsp3) is 0.381. The molecule has 28 heavy (non-hydrogen) atoms. The van der Waals surface area contributed by atoms with E-state index in [0.717, 1.165) is 30.6 Å². The highest BCUT2D eigenvalue weighted by atomic mass is 32.1. The summed E-state index contributed by atoms with van der Waals surface area (Å²) in [7, 11) is 0. The van der Waals surface area contributed by atoms with Gasteiger partial charge in [0.1, 0.15) is 5.82 Å². The summed E-state index contributed by atoms with van der Waals surface area (Å²) in [5.74, 6) is 0.616. The summed E-state index contributed by atoms with van der Waals surface area (Å²) in [5.41, 5.74) is 1.87. The number of aryl methyl sites for hydroxylation is 2. The highest BCUT2D eigenvalue weighted by molar-refractivity contribution is 7.09. The molecule has 2 aromatic heterocycles. The van der Waals surface area contributed by atoms with E-state index in [9.17, 15) is 9.59 Å². The Balaban J connectivity index is 1.18. The van der Waals surface area contributed by atoms with E-state index < -0.39 is 0 Å². The second-order valence-corrected chi connectivity index (χ2v) is 8.11. The molecule has 0 unspecified atom stereocenters. The molecule has 1 fully saturated rings. The quantitative estimate of drug-likeness (QED) is 0.576. The Morgan fingerprint density at radius 3 is 3.11 bits per heavy atom. The van der Waals surface area contributed by atoms with Gasteiger partial charge >= 0.3 is 0 Å². The predicted molar refractivity (Wildman–Crippen MR) is 109 cm³/mol. The van der Waals surface area contributed by atoms with Gasteiger partial charge in [-0.2, -0.15) is 0 Å². The van der Waals surface area contributed by atoms with E-state index in [2.05, 4.69) is 27.8 Å². The highest BCUT2D eigenvalue weighted by Gasteiger charge is 2.29. The fourth-order valence-electron chi connectivity index (χ4n) is 3.31. The summed E-state index contributed by atoms with van der Waals surface area (Å²) in [6.07, 6.45) is 8.40. The van der Waals surface area contributed by atoms with Crippen LogP contribution in [0.25, 0.3) is 6.08 Å². The zero-order valence-electron chi connectivity index (χ0n) is 15.6. The summed E-state index contributed by atoms with van der Waals surface area (Å²) >= 11 is 1.78. The van der Waals surface area contributed by atoms with Crippen molar-refractivity contribution in [1.29, 1.82) is 0 Å². The number of carbonyl (C=O) groups excluding carboxylic acids is 2. The lowest BCUT2D eigenvalue weighted by Crippen LogP contribution is -2.54. The van der Waals surface area contributed by atoms with Gasteiger partial charge in [-0.1, -0.05) is 6.07 Å². The minimum atomic E-state index is -0.00976. The molecule has 0 aromatic carbocycles. The Bertz CT molecular complexity index is 873. The number of amides is 2. The summed E-state index contributed by atoms with van der Waals surface area (Å²) in [4.78, 5) is 31.1. The molecule has 0 spiro atoms. The normalized spacial score (nSPS) is 16.7. The molecule has 0 saturated carbocycles. The van der Waals surface area contributed by atoms with Crippen molar-refractivity contribution < 1.29 is 14.3 Å². The Hall–Kier alpha value is -2.51. The number of hydrogen-bond acceptors (Lipinski definition) is 5. The van der Waals surface area contributed by atoms with Crippen molar-refractivity contribution in [3.63, 3.8) is 0 Å². The molecule has 1 saturated heterocycles. The number of fused-ring (bicyclic) bond motifs is 1. The maximum Gasteiger partial charge on any atom is 0.246 e. The molecular weight excluding hydrogens is 374 g/mol. The fourth-order valence-corrected chi connectivity index (χ4v) is 4.06. The zero-order valence-corrected chi connectivity index (χ0v) is 16.4. The van der Waals surface area contributed by atoms with Gasteiger partial charge in [-0.25, -0.2) is 4.98 Å². The van der Waals surface area contributed by atoms with Crippen LogP contribution in [0.5, 0.6) is 0 Å². The molecule has 1 N–H and O–H groups in total. The van der Waals surface area contributed by atoms with Gasteiger partial charge in [0.2, 0.25) is 11.8 Å². The maximum atomic E-state index is 12.3. The average Bonchev–Trinajstić information content (AvgIpc) is 3.18.